The number of hydrogen-bond donors (Lipinski definition) is 2. The van der Waals surface area contributed by atoms with Crippen molar-refractivity contribution in [2.45, 2.75) is 12.8 Å². The van der Waals surface area contributed by atoms with Gasteiger partial charge in [0.15, 0.2) is 0 Å². The molecule has 6 heteroatoms. The first-order valence-electron chi connectivity index (χ1n) is 5.38. The van der Waals surface area contributed by atoms with Gasteiger partial charge in [0, 0.05) is 6.54 Å². The molecule has 4 nitrogen and oxygen atoms in total. The van der Waals surface area contributed by atoms with Crippen LogP contribution in [0.15, 0.2) is 6.20 Å². The van der Waals surface area contributed by atoms with Crippen LogP contribution in [0.2, 0.25) is 10.3 Å². The molecular formula is C10H14Cl2N4. The van der Waals surface area contributed by atoms with E-state index in [4.69, 9.17) is 23.2 Å². The fourth-order valence-electron chi connectivity index (χ4n) is 1.81. The van der Waals surface area contributed by atoms with E-state index in [2.05, 4.69) is 20.6 Å². The lowest BCUT2D eigenvalue weighted by molar-refractivity contribution is 0.392. The molecule has 0 aromatic carbocycles. The summed E-state index contributed by atoms with van der Waals surface area (Å²) in [7, 11) is 0. The maximum absolute atomic E-state index is 5.95. The highest BCUT2D eigenvalue weighted by Crippen LogP contribution is 2.20. The summed E-state index contributed by atoms with van der Waals surface area (Å²) in [5.41, 5.74) is 0. The number of halogens is 2. The minimum Gasteiger partial charge on any atom is -0.368 e. The molecule has 2 N–H and O–H groups in total. The molecule has 1 atom stereocenters. The van der Waals surface area contributed by atoms with Crippen LogP contribution in [0.25, 0.3) is 0 Å². The Morgan fingerprint density at radius 3 is 3.12 bits per heavy atom. The molecule has 0 unspecified atom stereocenters. The lowest BCUT2D eigenvalue weighted by Gasteiger charge is -2.23. The molecule has 0 radical (unpaired) electrons. The van der Waals surface area contributed by atoms with E-state index < -0.39 is 0 Å². The van der Waals surface area contributed by atoms with Crippen LogP contribution in [0.1, 0.15) is 12.8 Å². The zero-order valence-electron chi connectivity index (χ0n) is 8.84. The monoisotopic (exact) mass is 260 g/mol. The Kier molecular flexibility index (Phi) is 4.21. The fourth-order valence-corrected chi connectivity index (χ4v) is 2.10. The molecule has 0 amide bonds. The smallest absolute Gasteiger partial charge is 0.224 e. The normalized spacial score (nSPS) is 20.8. The summed E-state index contributed by atoms with van der Waals surface area (Å²) in [5, 5.41) is 7.31. The fraction of sp³-hybridized carbons (Fsp3) is 0.600. The second kappa shape index (κ2) is 5.66. The van der Waals surface area contributed by atoms with Gasteiger partial charge < -0.3 is 10.6 Å². The van der Waals surface area contributed by atoms with Gasteiger partial charge in [-0.1, -0.05) is 11.6 Å². The number of piperidine rings is 1. The van der Waals surface area contributed by atoms with Gasteiger partial charge in [-0.3, -0.25) is 0 Å². The van der Waals surface area contributed by atoms with Gasteiger partial charge in [0.1, 0.15) is 10.8 Å². The largest absolute Gasteiger partial charge is 0.368 e. The third-order valence-electron chi connectivity index (χ3n) is 2.67. The van der Waals surface area contributed by atoms with Gasteiger partial charge in [0.2, 0.25) is 5.28 Å². The molecule has 1 saturated heterocycles. The SMILES string of the molecule is Clc1ncc(Cl)c(NC[C@H]2CCCNC2)n1. The highest BCUT2D eigenvalue weighted by atomic mass is 35.5. The van der Waals surface area contributed by atoms with E-state index in [1.807, 2.05) is 0 Å². The van der Waals surface area contributed by atoms with Crippen molar-refractivity contribution in [3.63, 3.8) is 0 Å². The number of rotatable bonds is 3. The minimum atomic E-state index is 0.216. The molecule has 2 rings (SSSR count). The van der Waals surface area contributed by atoms with Crippen LogP contribution in [0.5, 0.6) is 0 Å². The van der Waals surface area contributed by atoms with Crippen molar-refractivity contribution in [2.24, 2.45) is 5.92 Å². The third kappa shape index (κ3) is 3.20. The molecule has 1 aliphatic heterocycles. The summed E-state index contributed by atoms with van der Waals surface area (Å²) < 4.78 is 0. The van der Waals surface area contributed by atoms with Gasteiger partial charge in [-0.2, -0.15) is 4.98 Å². The molecule has 0 aliphatic carbocycles. The zero-order valence-corrected chi connectivity index (χ0v) is 10.4. The van der Waals surface area contributed by atoms with Crippen molar-refractivity contribution in [3.8, 4) is 0 Å². The summed E-state index contributed by atoms with van der Waals surface area (Å²) in [4.78, 5) is 7.85. The predicted octanol–water partition coefficient (Wildman–Crippen LogP) is 2.19. The average Bonchev–Trinajstić information content (AvgIpc) is 2.32. The van der Waals surface area contributed by atoms with Gasteiger partial charge in [-0.05, 0) is 43.5 Å². The molecule has 2 heterocycles. The quantitative estimate of drug-likeness (QED) is 0.819. The summed E-state index contributed by atoms with van der Waals surface area (Å²) in [5.74, 6) is 1.24. The van der Waals surface area contributed by atoms with Crippen molar-refractivity contribution in [1.82, 2.24) is 15.3 Å². The summed E-state index contributed by atoms with van der Waals surface area (Å²) in [6, 6.07) is 0. The standard InChI is InChI=1S/C10H14Cl2N4/c11-8-6-15-10(12)16-9(8)14-5-7-2-1-3-13-4-7/h6-7,13H,1-5H2,(H,14,15,16)/t7-/m0/s1. The van der Waals surface area contributed by atoms with Crippen molar-refractivity contribution >= 4 is 29.0 Å². The van der Waals surface area contributed by atoms with E-state index in [0.29, 0.717) is 16.8 Å². The van der Waals surface area contributed by atoms with Crippen LogP contribution in [0.4, 0.5) is 5.82 Å². The van der Waals surface area contributed by atoms with E-state index in [9.17, 15) is 0 Å². The molecule has 1 aliphatic rings. The van der Waals surface area contributed by atoms with Crippen LogP contribution in [0.3, 0.4) is 0 Å². The molecule has 1 aromatic heterocycles. The first-order valence-corrected chi connectivity index (χ1v) is 6.14. The van der Waals surface area contributed by atoms with E-state index in [1.54, 1.807) is 0 Å². The Labute approximate surface area is 105 Å². The Morgan fingerprint density at radius 1 is 1.50 bits per heavy atom. The van der Waals surface area contributed by atoms with Gasteiger partial charge >= 0.3 is 0 Å². The molecule has 1 aromatic rings. The van der Waals surface area contributed by atoms with Gasteiger partial charge in [-0.25, -0.2) is 4.98 Å². The van der Waals surface area contributed by atoms with Crippen molar-refractivity contribution in [1.29, 1.82) is 0 Å². The van der Waals surface area contributed by atoms with Gasteiger partial charge in [0.05, 0.1) is 6.20 Å². The Hall–Kier alpha value is -0.580. The highest BCUT2D eigenvalue weighted by molar-refractivity contribution is 6.33. The lowest BCUT2D eigenvalue weighted by Crippen LogP contribution is -2.33. The number of anilines is 1. The molecule has 1 fully saturated rings. The maximum atomic E-state index is 5.95. The summed E-state index contributed by atoms with van der Waals surface area (Å²) >= 11 is 11.7. The number of aromatic nitrogens is 2. The molecule has 0 saturated carbocycles. The molecule has 0 bridgehead atoms. The summed E-state index contributed by atoms with van der Waals surface area (Å²) in [6.45, 7) is 3.03. The van der Waals surface area contributed by atoms with E-state index in [-0.39, 0.29) is 5.28 Å². The first kappa shape index (κ1) is 11.9. The topological polar surface area (TPSA) is 49.8 Å². The number of hydrogen-bond acceptors (Lipinski definition) is 4. The average molecular weight is 261 g/mol. The van der Waals surface area contributed by atoms with E-state index >= 15 is 0 Å². The molecule has 16 heavy (non-hydrogen) atoms. The van der Waals surface area contributed by atoms with Gasteiger partial charge in [-0.15, -0.1) is 0 Å². The highest BCUT2D eigenvalue weighted by Gasteiger charge is 2.13. The Bertz CT molecular complexity index is 353. The molecular weight excluding hydrogens is 247 g/mol. The Morgan fingerprint density at radius 2 is 2.38 bits per heavy atom. The number of nitrogens with one attached hydrogen (secondary N) is 2. The molecule has 88 valence electrons. The van der Waals surface area contributed by atoms with Crippen LogP contribution in [-0.4, -0.2) is 29.6 Å². The van der Waals surface area contributed by atoms with Gasteiger partial charge in [0.25, 0.3) is 0 Å². The third-order valence-corrected chi connectivity index (χ3v) is 3.13. The maximum Gasteiger partial charge on any atom is 0.224 e. The number of nitrogens with zero attached hydrogens (tertiary/aromatic N) is 2. The van der Waals surface area contributed by atoms with Crippen LogP contribution >= 0.6 is 23.2 Å². The second-order valence-electron chi connectivity index (χ2n) is 3.93. The van der Waals surface area contributed by atoms with Crippen LogP contribution in [0, 0.1) is 5.92 Å². The van der Waals surface area contributed by atoms with Crippen LogP contribution < -0.4 is 10.6 Å². The van der Waals surface area contributed by atoms with Crippen molar-refractivity contribution in [3.05, 3.63) is 16.5 Å². The zero-order chi connectivity index (χ0) is 11.4. The summed E-state index contributed by atoms with van der Waals surface area (Å²) in [6.07, 6.45) is 3.97. The first-order chi connectivity index (χ1) is 7.75. The van der Waals surface area contributed by atoms with Crippen molar-refractivity contribution in [2.75, 3.05) is 25.0 Å². The predicted molar refractivity (Wildman–Crippen MR) is 66.1 cm³/mol. The minimum absolute atomic E-state index is 0.216. The van der Waals surface area contributed by atoms with E-state index in [1.165, 1.54) is 19.0 Å². The van der Waals surface area contributed by atoms with E-state index in [0.717, 1.165) is 19.6 Å². The Balaban J connectivity index is 1.90. The van der Waals surface area contributed by atoms with Crippen molar-refractivity contribution < 1.29 is 0 Å². The van der Waals surface area contributed by atoms with Crippen LogP contribution in [-0.2, 0) is 0 Å². The molecule has 0 spiro atoms. The lowest BCUT2D eigenvalue weighted by atomic mass is 10.00. The second-order valence-corrected chi connectivity index (χ2v) is 4.67.